The van der Waals surface area contributed by atoms with Gasteiger partial charge in [-0.25, -0.2) is 0 Å². The third-order valence-electron chi connectivity index (χ3n) is 4.50. The topological polar surface area (TPSA) is 34.1 Å². The van der Waals surface area contributed by atoms with Crippen molar-refractivity contribution in [3.63, 3.8) is 0 Å². The average molecular weight is 379 g/mol. The van der Waals surface area contributed by atoms with Crippen LogP contribution in [0.2, 0.25) is 0 Å². The zero-order chi connectivity index (χ0) is 17.9. The molecule has 0 heterocycles. The molecular weight excluding hydrogens is 343 g/mol. The van der Waals surface area contributed by atoms with Crippen molar-refractivity contribution < 1.29 is 9.59 Å². The van der Waals surface area contributed by atoms with Gasteiger partial charge < -0.3 is 0 Å². The smallest absolute Gasteiger partial charge is 0.221 e. The molecule has 4 heteroatoms. The molecule has 0 amide bonds. The molecule has 0 bridgehead atoms. The third kappa shape index (κ3) is 21.9. The van der Waals surface area contributed by atoms with E-state index in [9.17, 15) is 9.59 Å². The van der Waals surface area contributed by atoms with Crippen LogP contribution in [0.25, 0.3) is 0 Å². The lowest BCUT2D eigenvalue weighted by atomic mass is 10.0. The molecule has 0 spiro atoms. The number of hydrogen-bond acceptors (Lipinski definition) is 2. The highest BCUT2D eigenvalue weighted by Gasteiger charge is 1.98. The minimum Gasteiger partial charge on any atom is -0.281 e. The maximum atomic E-state index is 10.6. The molecule has 0 aliphatic rings. The number of hydrogen-bond donors (Lipinski definition) is 0. The van der Waals surface area contributed by atoms with Gasteiger partial charge in [0.2, 0.25) is 10.5 Å². The summed E-state index contributed by atoms with van der Waals surface area (Å²) in [5.41, 5.74) is 0. The number of unbranched alkanes of at least 4 members (excludes halogenated alkanes) is 15. The van der Waals surface area contributed by atoms with Gasteiger partial charge in [0.25, 0.3) is 0 Å². The number of halogens is 2. The van der Waals surface area contributed by atoms with Crippen LogP contribution in [0.3, 0.4) is 0 Å². The lowest BCUT2D eigenvalue weighted by Crippen LogP contribution is -1.87. The molecule has 0 aromatic rings. The Kier molecular flexibility index (Phi) is 19.2. The van der Waals surface area contributed by atoms with E-state index in [0.29, 0.717) is 12.8 Å². The summed E-state index contributed by atoms with van der Waals surface area (Å²) in [5.74, 6) is 0. The van der Waals surface area contributed by atoms with Gasteiger partial charge in [-0.1, -0.05) is 89.9 Å². The van der Waals surface area contributed by atoms with Crippen LogP contribution >= 0.6 is 23.2 Å². The van der Waals surface area contributed by atoms with Crippen LogP contribution in [-0.4, -0.2) is 10.5 Å². The van der Waals surface area contributed by atoms with E-state index in [4.69, 9.17) is 23.2 Å². The van der Waals surface area contributed by atoms with Gasteiger partial charge in [-0.05, 0) is 36.0 Å². The zero-order valence-corrected chi connectivity index (χ0v) is 16.8. The average Bonchev–Trinajstić information content (AvgIpc) is 2.53. The van der Waals surface area contributed by atoms with Crippen LogP contribution in [-0.2, 0) is 9.59 Å². The first-order valence-corrected chi connectivity index (χ1v) is 10.7. The highest BCUT2D eigenvalue weighted by Crippen LogP contribution is 2.14. The molecule has 0 atom stereocenters. The highest BCUT2D eigenvalue weighted by atomic mass is 35.5. The molecule has 0 aliphatic heterocycles. The fraction of sp³-hybridized carbons (Fsp3) is 0.900. The predicted octanol–water partition coefficient (Wildman–Crippen LogP) is 7.54. The SMILES string of the molecule is O=C(Cl)CCCCCCCCCCCCCCCCCCC(=O)Cl. The summed E-state index contributed by atoms with van der Waals surface area (Å²) in [5, 5.41) is -0.393. The van der Waals surface area contributed by atoms with Gasteiger partial charge in [0.05, 0.1) is 0 Å². The van der Waals surface area contributed by atoms with Crippen LogP contribution < -0.4 is 0 Å². The summed E-state index contributed by atoms with van der Waals surface area (Å²) >= 11 is 10.6. The molecule has 0 radical (unpaired) electrons. The number of carbonyl (C=O) groups is 2. The molecule has 0 aromatic heterocycles. The van der Waals surface area contributed by atoms with Crippen molar-refractivity contribution >= 4 is 33.7 Å². The van der Waals surface area contributed by atoms with Crippen LogP contribution in [0.15, 0.2) is 0 Å². The van der Waals surface area contributed by atoms with Crippen molar-refractivity contribution in [3.8, 4) is 0 Å². The second kappa shape index (κ2) is 19.2. The van der Waals surface area contributed by atoms with E-state index in [0.717, 1.165) is 25.7 Å². The quantitative estimate of drug-likeness (QED) is 0.172. The van der Waals surface area contributed by atoms with E-state index in [1.54, 1.807) is 0 Å². The van der Waals surface area contributed by atoms with Gasteiger partial charge >= 0.3 is 0 Å². The minimum atomic E-state index is -0.196. The summed E-state index contributed by atoms with van der Waals surface area (Å²) in [6.45, 7) is 0. The van der Waals surface area contributed by atoms with E-state index in [1.807, 2.05) is 0 Å². The van der Waals surface area contributed by atoms with Crippen molar-refractivity contribution in [3.05, 3.63) is 0 Å². The Bertz CT molecular complexity index is 276. The van der Waals surface area contributed by atoms with Gasteiger partial charge in [-0.2, -0.15) is 0 Å². The van der Waals surface area contributed by atoms with Crippen molar-refractivity contribution in [2.45, 2.75) is 116 Å². The lowest BCUT2D eigenvalue weighted by molar-refractivity contribution is -0.112. The first-order chi connectivity index (χ1) is 11.6. The van der Waals surface area contributed by atoms with Crippen molar-refractivity contribution in [1.82, 2.24) is 0 Å². The van der Waals surface area contributed by atoms with Crippen LogP contribution in [0.5, 0.6) is 0 Å². The molecule has 0 fully saturated rings. The molecule has 0 saturated heterocycles. The predicted molar refractivity (Wildman–Crippen MR) is 105 cm³/mol. The molecule has 0 aliphatic carbocycles. The van der Waals surface area contributed by atoms with E-state index in [1.165, 1.54) is 77.0 Å². The molecule has 0 rings (SSSR count). The van der Waals surface area contributed by atoms with Crippen LogP contribution in [0.4, 0.5) is 0 Å². The Hall–Kier alpha value is -0.0800. The summed E-state index contributed by atoms with van der Waals surface area (Å²) in [7, 11) is 0. The highest BCUT2D eigenvalue weighted by molar-refractivity contribution is 6.63. The molecule has 0 aromatic carbocycles. The molecule has 0 saturated carbocycles. The monoisotopic (exact) mass is 378 g/mol. The Morgan fingerprint density at radius 1 is 0.375 bits per heavy atom. The maximum Gasteiger partial charge on any atom is 0.221 e. The van der Waals surface area contributed by atoms with Crippen LogP contribution in [0, 0.1) is 0 Å². The van der Waals surface area contributed by atoms with E-state index in [-0.39, 0.29) is 10.5 Å². The van der Waals surface area contributed by atoms with Gasteiger partial charge in [0.15, 0.2) is 0 Å². The Balaban J connectivity index is 3.00. The van der Waals surface area contributed by atoms with Gasteiger partial charge in [-0.3, -0.25) is 9.59 Å². The number of carbonyl (C=O) groups excluding carboxylic acids is 2. The molecule has 24 heavy (non-hydrogen) atoms. The van der Waals surface area contributed by atoms with E-state index >= 15 is 0 Å². The molecular formula is C20H36Cl2O2. The normalized spacial score (nSPS) is 10.9. The van der Waals surface area contributed by atoms with Gasteiger partial charge in [0, 0.05) is 12.8 Å². The van der Waals surface area contributed by atoms with Crippen LogP contribution in [0.1, 0.15) is 116 Å². The fourth-order valence-corrected chi connectivity index (χ4v) is 3.27. The number of rotatable bonds is 19. The Morgan fingerprint density at radius 3 is 0.708 bits per heavy atom. The third-order valence-corrected chi connectivity index (χ3v) is 4.87. The first kappa shape index (κ1) is 23.9. The van der Waals surface area contributed by atoms with Crippen molar-refractivity contribution in [2.24, 2.45) is 0 Å². The largest absolute Gasteiger partial charge is 0.281 e. The molecule has 142 valence electrons. The molecule has 0 unspecified atom stereocenters. The maximum absolute atomic E-state index is 10.6. The standard InChI is InChI=1S/C20H36Cl2O2/c21-19(23)17-15-13-11-9-7-5-3-1-2-4-6-8-10-12-14-16-18-20(22)24/h1-18H2. The van der Waals surface area contributed by atoms with E-state index < -0.39 is 0 Å². The van der Waals surface area contributed by atoms with Crippen molar-refractivity contribution in [2.75, 3.05) is 0 Å². The lowest BCUT2D eigenvalue weighted by Gasteiger charge is -2.03. The summed E-state index contributed by atoms with van der Waals surface area (Å²) < 4.78 is 0. The second-order valence-electron chi connectivity index (χ2n) is 6.87. The summed E-state index contributed by atoms with van der Waals surface area (Å²) in [6.07, 6.45) is 21.2. The summed E-state index contributed by atoms with van der Waals surface area (Å²) in [4.78, 5) is 21.2. The summed E-state index contributed by atoms with van der Waals surface area (Å²) in [6, 6.07) is 0. The zero-order valence-electron chi connectivity index (χ0n) is 15.3. The van der Waals surface area contributed by atoms with Crippen molar-refractivity contribution in [1.29, 1.82) is 0 Å². The van der Waals surface area contributed by atoms with Gasteiger partial charge in [-0.15, -0.1) is 0 Å². The Morgan fingerprint density at radius 2 is 0.542 bits per heavy atom. The first-order valence-electron chi connectivity index (χ1n) is 9.99. The Labute approximate surface area is 159 Å². The second-order valence-corrected chi connectivity index (χ2v) is 7.71. The van der Waals surface area contributed by atoms with E-state index in [2.05, 4.69) is 0 Å². The molecule has 0 N–H and O–H groups in total. The fourth-order valence-electron chi connectivity index (χ4n) is 3.00. The minimum absolute atomic E-state index is 0.196. The molecule has 2 nitrogen and oxygen atoms in total. The van der Waals surface area contributed by atoms with Gasteiger partial charge in [0.1, 0.15) is 0 Å².